The van der Waals surface area contributed by atoms with Crippen LogP contribution in [-0.4, -0.2) is 120 Å². The molecule has 3 N–H and O–H groups in total. The van der Waals surface area contributed by atoms with Crippen LogP contribution < -0.4 is 10.6 Å². The molecule has 0 amide bonds. The van der Waals surface area contributed by atoms with Gasteiger partial charge in [-0.2, -0.15) is 92.2 Å². The van der Waals surface area contributed by atoms with Crippen LogP contribution in [0.3, 0.4) is 0 Å². The maximum atomic E-state index is 14.0. The van der Waals surface area contributed by atoms with Gasteiger partial charge in [0.1, 0.15) is 0 Å². The van der Waals surface area contributed by atoms with E-state index in [0.29, 0.717) is 12.5 Å². The molecule has 0 aliphatic rings. The van der Waals surface area contributed by atoms with Crippen LogP contribution in [0, 0.1) is 0 Å². The molecule has 0 saturated carbocycles. The van der Waals surface area contributed by atoms with Crippen molar-refractivity contribution >= 4 is 8.56 Å². The van der Waals surface area contributed by atoms with Crippen molar-refractivity contribution in [1.82, 2.24) is 10.6 Å². The number of alkyl halides is 21. The summed E-state index contributed by atoms with van der Waals surface area (Å²) in [6.07, 6.45) is -13.6. The topological polar surface area (TPSA) is 62.8 Å². The second-order valence-electron chi connectivity index (χ2n) is 10.3. The normalized spacial score (nSPS) is 16.4. The van der Waals surface area contributed by atoms with Gasteiger partial charge in [0.2, 0.25) is 0 Å². The van der Waals surface area contributed by atoms with Crippen LogP contribution in [0.4, 0.5) is 92.2 Å². The highest BCUT2D eigenvalue weighted by Crippen LogP contribution is 2.66. The van der Waals surface area contributed by atoms with Crippen molar-refractivity contribution in [1.29, 1.82) is 0 Å². The van der Waals surface area contributed by atoms with E-state index < -0.39 is 87.1 Å². The Hall–Kier alpha value is -1.45. The van der Waals surface area contributed by atoms with Crippen LogP contribution in [0.1, 0.15) is 12.8 Å². The molecule has 48 heavy (non-hydrogen) atoms. The SMILES string of the molecule is CO[Si](C)(CCCNCCNCC(O)CC(F)(F)C(F)(F)C(F)(F)C(F)(F)C(F)(F)C(F)(F)C(F)(F)C(F)(F)C(F)(F)C(F)(F)F)OC. The Bertz CT molecular complexity index is 1040. The third-order valence-corrected chi connectivity index (χ3v) is 9.76. The van der Waals surface area contributed by atoms with Gasteiger partial charge in [-0.3, -0.25) is 0 Å². The maximum absolute atomic E-state index is 14.0. The number of hydrogen-bond donors (Lipinski definition) is 3. The fraction of sp³-hybridized carbons (Fsp3) is 1.00. The minimum absolute atomic E-state index is 0.0519. The Morgan fingerprint density at radius 1 is 0.521 bits per heavy atom. The zero-order valence-corrected chi connectivity index (χ0v) is 25.2. The van der Waals surface area contributed by atoms with Crippen LogP contribution in [0.25, 0.3) is 0 Å². The molecule has 0 bridgehead atoms. The number of halogens is 21. The Kier molecular flexibility index (Phi) is 14.2. The third-order valence-electron chi connectivity index (χ3n) is 6.77. The Labute approximate surface area is 257 Å². The molecule has 0 aliphatic carbocycles. The van der Waals surface area contributed by atoms with Gasteiger partial charge in [0.05, 0.1) is 6.10 Å². The summed E-state index contributed by atoms with van der Waals surface area (Å²) in [6, 6.07) is 0.485. The fourth-order valence-electron chi connectivity index (χ4n) is 3.48. The maximum Gasteiger partial charge on any atom is 0.460 e. The van der Waals surface area contributed by atoms with Crippen LogP contribution >= 0.6 is 0 Å². The molecular weight excluding hydrogens is 755 g/mol. The molecule has 0 aromatic rings. The molecule has 290 valence electrons. The van der Waals surface area contributed by atoms with Gasteiger partial charge in [0, 0.05) is 40.3 Å². The first-order chi connectivity index (χ1) is 21.0. The highest BCUT2D eigenvalue weighted by molar-refractivity contribution is 6.65. The molecule has 1 atom stereocenters. The minimum atomic E-state index is -9.22. The first-order valence-corrected chi connectivity index (χ1v) is 15.2. The van der Waals surface area contributed by atoms with Gasteiger partial charge in [0.25, 0.3) is 0 Å². The number of nitrogens with one attached hydrogen (secondary N) is 2. The first-order valence-electron chi connectivity index (χ1n) is 12.6. The van der Waals surface area contributed by atoms with E-state index in [9.17, 15) is 97.3 Å². The van der Waals surface area contributed by atoms with Crippen LogP contribution in [0.5, 0.6) is 0 Å². The van der Waals surface area contributed by atoms with E-state index in [4.69, 9.17) is 8.85 Å². The molecule has 5 nitrogen and oxygen atoms in total. The van der Waals surface area contributed by atoms with Crippen molar-refractivity contribution in [3.05, 3.63) is 0 Å². The van der Waals surface area contributed by atoms with E-state index in [1.54, 1.807) is 6.55 Å². The molecule has 0 spiro atoms. The monoisotopic (exact) mass is 782 g/mol. The van der Waals surface area contributed by atoms with E-state index in [-0.39, 0.29) is 19.6 Å². The van der Waals surface area contributed by atoms with Gasteiger partial charge in [-0.15, -0.1) is 0 Å². The predicted octanol–water partition coefficient (Wildman–Crippen LogP) is 6.95. The third kappa shape index (κ3) is 8.03. The lowest BCUT2D eigenvalue weighted by Gasteiger charge is -2.44. The van der Waals surface area contributed by atoms with Gasteiger partial charge < -0.3 is 24.6 Å². The Balaban J connectivity index is 5.93. The quantitative estimate of drug-likeness (QED) is 0.0669. The van der Waals surface area contributed by atoms with Gasteiger partial charge >= 0.3 is 68.0 Å². The molecule has 0 heterocycles. The zero-order valence-electron chi connectivity index (χ0n) is 24.2. The molecule has 0 rings (SSSR count). The van der Waals surface area contributed by atoms with E-state index in [1.165, 1.54) is 14.2 Å². The standard InChI is InChI=1S/C21H27F21N2O3Si/c1-46-48(3,47-2)8-4-5-43-6-7-44-10-11(45)9-12(22,23)13(24,25)14(26,27)15(28,29)16(30,31)17(32,33)18(34,35)19(36,37)20(38,39)21(40,41)42/h11,43-45H,4-10H2,1-3H3. The molecule has 27 heteroatoms. The van der Waals surface area contributed by atoms with Crippen molar-refractivity contribution in [2.45, 2.75) is 91.0 Å². The number of rotatable bonds is 21. The van der Waals surface area contributed by atoms with Crippen LogP contribution in [-0.2, 0) is 8.85 Å². The molecule has 0 aromatic heterocycles. The largest absolute Gasteiger partial charge is 0.460 e. The van der Waals surface area contributed by atoms with E-state index >= 15 is 0 Å². The Morgan fingerprint density at radius 2 is 0.854 bits per heavy atom. The lowest BCUT2D eigenvalue weighted by Crippen LogP contribution is -2.76. The molecule has 0 aromatic carbocycles. The summed E-state index contributed by atoms with van der Waals surface area (Å²) in [4.78, 5) is 0. The van der Waals surface area contributed by atoms with E-state index in [1.807, 2.05) is 0 Å². The first kappa shape index (κ1) is 46.5. The summed E-state index contributed by atoms with van der Waals surface area (Å²) in [5, 5.41) is 14.3. The molecule has 0 fully saturated rings. The average molecular weight is 783 g/mol. The number of hydrogen-bond acceptors (Lipinski definition) is 5. The smallest absolute Gasteiger partial charge is 0.398 e. The molecule has 0 saturated heterocycles. The summed E-state index contributed by atoms with van der Waals surface area (Å²) in [5.41, 5.74) is 0. The van der Waals surface area contributed by atoms with E-state index in [0.717, 1.165) is 0 Å². The van der Waals surface area contributed by atoms with Gasteiger partial charge in [-0.1, -0.05) is 0 Å². The second kappa shape index (κ2) is 14.6. The van der Waals surface area contributed by atoms with Crippen molar-refractivity contribution in [2.75, 3.05) is 40.4 Å². The Morgan fingerprint density at radius 3 is 1.21 bits per heavy atom. The van der Waals surface area contributed by atoms with Gasteiger partial charge in [-0.05, 0) is 25.6 Å². The van der Waals surface area contributed by atoms with Crippen molar-refractivity contribution < 1.29 is 106 Å². The molecule has 1 unspecified atom stereocenters. The minimum Gasteiger partial charge on any atom is -0.398 e. The average Bonchev–Trinajstić information content (AvgIpc) is 2.92. The zero-order chi connectivity index (χ0) is 38.9. The highest BCUT2D eigenvalue weighted by atomic mass is 28.4. The van der Waals surface area contributed by atoms with Gasteiger partial charge in [-0.25, -0.2) is 0 Å². The van der Waals surface area contributed by atoms with Crippen LogP contribution in [0.2, 0.25) is 12.6 Å². The molecular formula is C21H27F21N2O3Si. The van der Waals surface area contributed by atoms with E-state index in [2.05, 4.69) is 10.6 Å². The molecule has 0 aliphatic heterocycles. The lowest BCUT2D eigenvalue weighted by molar-refractivity contribution is -0.474. The lowest BCUT2D eigenvalue weighted by atomic mass is 9.85. The van der Waals surface area contributed by atoms with Crippen LogP contribution in [0.15, 0.2) is 0 Å². The number of aliphatic hydroxyl groups excluding tert-OH is 1. The number of aliphatic hydroxyl groups is 1. The summed E-state index contributed by atoms with van der Waals surface area (Å²) in [5.74, 6) is -77.6. The summed E-state index contributed by atoms with van der Waals surface area (Å²) in [7, 11) is 0.379. The second-order valence-corrected chi connectivity index (χ2v) is 13.8. The fourth-order valence-corrected chi connectivity index (χ4v) is 4.87. The summed E-state index contributed by atoms with van der Waals surface area (Å²) in [6.45, 7) is 0.397. The van der Waals surface area contributed by atoms with Crippen molar-refractivity contribution in [3.63, 3.8) is 0 Å². The molecule has 0 radical (unpaired) electrons. The highest BCUT2D eigenvalue weighted by Gasteiger charge is 2.97. The van der Waals surface area contributed by atoms with Crippen molar-refractivity contribution in [3.8, 4) is 0 Å². The van der Waals surface area contributed by atoms with Gasteiger partial charge in [0.15, 0.2) is 0 Å². The summed E-state index contributed by atoms with van der Waals surface area (Å²) >= 11 is 0. The predicted molar refractivity (Wildman–Crippen MR) is 122 cm³/mol. The van der Waals surface area contributed by atoms with Crippen molar-refractivity contribution in [2.24, 2.45) is 0 Å². The summed E-state index contributed by atoms with van der Waals surface area (Å²) < 4.78 is 293.